The number of rotatable bonds is 0. The topological polar surface area (TPSA) is 41.1 Å². The fourth-order valence-corrected chi connectivity index (χ4v) is 2.08. The van der Waals surface area contributed by atoms with Gasteiger partial charge in [-0.25, -0.2) is 5.43 Å². The van der Waals surface area contributed by atoms with Crippen molar-refractivity contribution in [2.75, 3.05) is 6.54 Å². The lowest BCUT2D eigenvalue weighted by Gasteiger charge is -2.05. The van der Waals surface area contributed by atoms with Gasteiger partial charge in [-0.05, 0) is 34.2 Å². The van der Waals surface area contributed by atoms with Crippen molar-refractivity contribution in [2.45, 2.75) is 6.54 Å². The molecule has 1 heterocycles. The highest BCUT2D eigenvalue weighted by Crippen LogP contribution is 2.18. The normalized spacial score (nSPS) is 16.5. The van der Waals surface area contributed by atoms with Gasteiger partial charge in [0.05, 0.1) is 6.54 Å². The molecule has 0 aromatic heterocycles. The van der Waals surface area contributed by atoms with Crippen LogP contribution in [0.3, 0.4) is 0 Å². The Morgan fingerprint density at radius 2 is 2.00 bits per heavy atom. The summed E-state index contributed by atoms with van der Waals surface area (Å²) in [7, 11) is 0. The number of hydrazine groups is 1. The number of halogens is 1. The van der Waals surface area contributed by atoms with Gasteiger partial charge in [-0.15, -0.1) is 0 Å². The van der Waals surface area contributed by atoms with E-state index >= 15 is 0 Å². The lowest BCUT2D eigenvalue weighted by molar-refractivity contribution is 0.0990. The Morgan fingerprint density at radius 3 is 2.85 bits per heavy atom. The molecule has 0 saturated heterocycles. The van der Waals surface area contributed by atoms with Crippen LogP contribution in [0.2, 0.25) is 0 Å². The molecule has 0 radical (unpaired) electrons. The molecule has 0 amide bonds. The fourth-order valence-electron chi connectivity index (χ4n) is 1.39. The van der Waals surface area contributed by atoms with Crippen LogP contribution in [-0.2, 0) is 6.54 Å². The van der Waals surface area contributed by atoms with Crippen molar-refractivity contribution in [1.82, 2.24) is 10.9 Å². The molecule has 0 fully saturated rings. The van der Waals surface area contributed by atoms with E-state index in [9.17, 15) is 4.79 Å². The Bertz CT molecular complexity index is 351. The molecule has 1 aliphatic rings. The number of carbonyl (C=O) groups is 1. The molecule has 1 aromatic rings. The molecular formula is C9H9IN2O. The van der Waals surface area contributed by atoms with Crippen LogP contribution in [0.25, 0.3) is 0 Å². The summed E-state index contributed by atoms with van der Waals surface area (Å²) in [6.07, 6.45) is 0. The minimum absolute atomic E-state index is 0.151. The molecule has 0 unspecified atom stereocenters. The Hall–Kier alpha value is -0.460. The number of hydrogen-bond donors (Lipinski definition) is 2. The van der Waals surface area contributed by atoms with Crippen molar-refractivity contribution in [3.05, 3.63) is 32.9 Å². The molecule has 13 heavy (non-hydrogen) atoms. The number of carbonyl (C=O) groups excluding carboxylic acids is 1. The molecule has 0 bridgehead atoms. The number of nitrogens with one attached hydrogen (secondary N) is 2. The van der Waals surface area contributed by atoms with Crippen molar-refractivity contribution < 1.29 is 4.79 Å². The van der Waals surface area contributed by atoms with Crippen molar-refractivity contribution in [1.29, 1.82) is 0 Å². The first-order valence-corrected chi connectivity index (χ1v) is 5.13. The van der Waals surface area contributed by atoms with Crippen LogP contribution in [0, 0.1) is 3.57 Å². The molecule has 2 rings (SSSR count). The largest absolute Gasteiger partial charge is 0.293 e. The predicted octanol–water partition coefficient (Wildman–Crippen LogP) is 1.08. The van der Waals surface area contributed by atoms with Gasteiger partial charge in [-0.1, -0.05) is 12.1 Å². The second-order valence-corrected chi connectivity index (χ2v) is 4.06. The smallest absolute Gasteiger partial charge is 0.178 e. The van der Waals surface area contributed by atoms with Crippen LogP contribution in [0.15, 0.2) is 18.2 Å². The van der Waals surface area contributed by atoms with Crippen LogP contribution in [-0.4, -0.2) is 12.3 Å². The molecule has 0 saturated carbocycles. The summed E-state index contributed by atoms with van der Waals surface area (Å²) >= 11 is 2.25. The predicted molar refractivity (Wildman–Crippen MR) is 58.3 cm³/mol. The van der Waals surface area contributed by atoms with E-state index in [0.29, 0.717) is 13.1 Å². The van der Waals surface area contributed by atoms with E-state index in [0.717, 1.165) is 14.7 Å². The molecule has 68 valence electrons. The van der Waals surface area contributed by atoms with Crippen molar-refractivity contribution >= 4 is 28.4 Å². The summed E-state index contributed by atoms with van der Waals surface area (Å²) in [5.74, 6) is 0.151. The van der Waals surface area contributed by atoms with Gasteiger partial charge in [0.15, 0.2) is 5.78 Å². The molecule has 4 heteroatoms. The average Bonchev–Trinajstić information content (AvgIpc) is 2.30. The monoisotopic (exact) mass is 288 g/mol. The highest BCUT2D eigenvalue weighted by Gasteiger charge is 2.15. The van der Waals surface area contributed by atoms with Crippen LogP contribution < -0.4 is 10.9 Å². The lowest BCUT2D eigenvalue weighted by atomic mass is 10.0. The van der Waals surface area contributed by atoms with E-state index < -0.39 is 0 Å². The minimum atomic E-state index is 0.151. The number of ketones is 1. The highest BCUT2D eigenvalue weighted by molar-refractivity contribution is 14.1. The molecule has 1 aromatic carbocycles. The Morgan fingerprint density at radius 1 is 1.23 bits per heavy atom. The van der Waals surface area contributed by atoms with E-state index in [4.69, 9.17) is 0 Å². The van der Waals surface area contributed by atoms with Gasteiger partial charge in [0.25, 0.3) is 0 Å². The summed E-state index contributed by atoms with van der Waals surface area (Å²) in [6, 6.07) is 5.82. The fraction of sp³-hybridized carbons (Fsp3) is 0.222. The number of Topliss-reactive ketones (excluding diaryl/α,β-unsaturated/α-hetero) is 1. The quantitative estimate of drug-likeness (QED) is 0.702. The zero-order valence-corrected chi connectivity index (χ0v) is 9.09. The Balaban J connectivity index is 2.54. The first kappa shape index (κ1) is 9.11. The van der Waals surface area contributed by atoms with Gasteiger partial charge < -0.3 is 0 Å². The van der Waals surface area contributed by atoms with Crippen LogP contribution in [0.1, 0.15) is 15.9 Å². The molecule has 1 aliphatic heterocycles. The van der Waals surface area contributed by atoms with Gasteiger partial charge in [0.1, 0.15) is 0 Å². The Labute approximate surface area is 90.0 Å². The molecule has 0 spiro atoms. The van der Waals surface area contributed by atoms with E-state index in [1.165, 1.54) is 0 Å². The summed E-state index contributed by atoms with van der Waals surface area (Å²) < 4.78 is 1.14. The van der Waals surface area contributed by atoms with Crippen molar-refractivity contribution in [3.63, 3.8) is 0 Å². The molecule has 0 atom stereocenters. The molecule has 3 nitrogen and oxygen atoms in total. The lowest BCUT2D eigenvalue weighted by Crippen LogP contribution is -2.32. The number of benzene rings is 1. The maximum absolute atomic E-state index is 11.6. The van der Waals surface area contributed by atoms with E-state index in [1.54, 1.807) is 0 Å². The maximum Gasteiger partial charge on any atom is 0.178 e. The summed E-state index contributed by atoms with van der Waals surface area (Å²) in [6.45, 7) is 1.08. The zero-order chi connectivity index (χ0) is 9.26. The summed E-state index contributed by atoms with van der Waals surface area (Å²) in [5, 5.41) is 0. The minimum Gasteiger partial charge on any atom is -0.293 e. The maximum atomic E-state index is 11.6. The first-order valence-electron chi connectivity index (χ1n) is 4.05. The summed E-state index contributed by atoms with van der Waals surface area (Å²) in [4.78, 5) is 11.6. The van der Waals surface area contributed by atoms with E-state index in [1.807, 2.05) is 18.2 Å². The zero-order valence-electron chi connectivity index (χ0n) is 6.93. The first-order chi connectivity index (χ1) is 6.29. The summed E-state index contributed by atoms with van der Waals surface area (Å²) in [5.41, 5.74) is 7.80. The standard InChI is InChI=1S/C9H9IN2O/c10-8-3-1-2-6-7(8)4-11-12-5-9(6)13/h1-3,11-12H,4-5H2. The van der Waals surface area contributed by atoms with Gasteiger partial charge >= 0.3 is 0 Å². The van der Waals surface area contributed by atoms with Crippen molar-refractivity contribution in [3.8, 4) is 0 Å². The van der Waals surface area contributed by atoms with E-state index in [-0.39, 0.29) is 5.78 Å². The van der Waals surface area contributed by atoms with Crippen LogP contribution in [0.5, 0.6) is 0 Å². The number of fused-ring (bicyclic) bond motifs is 1. The number of hydrogen-bond acceptors (Lipinski definition) is 3. The second kappa shape index (κ2) is 3.73. The van der Waals surface area contributed by atoms with Gasteiger partial charge in [-0.3, -0.25) is 10.2 Å². The highest BCUT2D eigenvalue weighted by atomic mass is 127. The third-order valence-electron chi connectivity index (χ3n) is 2.06. The molecule has 2 N–H and O–H groups in total. The SMILES string of the molecule is O=C1CNNCc2c(I)cccc21. The van der Waals surface area contributed by atoms with Gasteiger partial charge in [-0.2, -0.15) is 0 Å². The average molecular weight is 288 g/mol. The van der Waals surface area contributed by atoms with Crippen LogP contribution >= 0.6 is 22.6 Å². The van der Waals surface area contributed by atoms with E-state index in [2.05, 4.69) is 33.4 Å². The van der Waals surface area contributed by atoms with Gasteiger partial charge in [0.2, 0.25) is 0 Å². The van der Waals surface area contributed by atoms with Crippen LogP contribution in [0.4, 0.5) is 0 Å². The van der Waals surface area contributed by atoms with Crippen molar-refractivity contribution in [2.24, 2.45) is 0 Å². The Kier molecular flexibility index (Phi) is 2.61. The van der Waals surface area contributed by atoms with Gasteiger partial charge in [0, 0.05) is 15.7 Å². The third-order valence-corrected chi connectivity index (χ3v) is 3.07. The molecular weight excluding hydrogens is 279 g/mol. The third kappa shape index (κ3) is 1.74. The molecule has 0 aliphatic carbocycles. The second-order valence-electron chi connectivity index (χ2n) is 2.90.